The predicted octanol–water partition coefficient (Wildman–Crippen LogP) is 2.05. The topological polar surface area (TPSA) is 104 Å². The monoisotopic (exact) mass is 367 g/mol. The Hall–Kier alpha value is -2.64. The molecule has 0 saturated carbocycles. The molecule has 0 aliphatic rings. The fourth-order valence-electron chi connectivity index (χ4n) is 2.13. The average molecular weight is 367 g/mol. The number of rotatable bonds is 11. The van der Waals surface area contributed by atoms with E-state index in [2.05, 4.69) is 24.3 Å². The molecule has 0 saturated heterocycles. The number of benzene rings is 1. The molecule has 0 unspecified atom stereocenters. The summed E-state index contributed by atoms with van der Waals surface area (Å²) in [7, 11) is 4.63. The van der Waals surface area contributed by atoms with Crippen LogP contribution in [0.1, 0.15) is 32.3 Å². The van der Waals surface area contributed by atoms with Crippen molar-refractivity contribution >= 4 is 11.7 Å². The van der Waals surface area contributed by atoms with Gasteiger partial charge in [-0.05, 0) is 18.4 Å². The Morgan fingerprint density at radius 3 is 2.31 bits per heavy atom. The zero-order chi connectivity index (χ0) is 19.5. The van der Waals surface area contributed by atoms with Crippen molar-refractivity contribution in [3.8, 4) is 17.2 Å². The van der Waals surface area contributed by atoms with Crippen LogP contribution < -0.4 is 25.3 Å². The Labute approximate surface area is 154 Å². The molecule has 8 heteroatoms. The number of amidine groups is 1. The summed E-state index contributed by atoms with van der Waals surface area (Å²) in [5.41, 5.74) is 6.47. The molecular formula is C18H29N3O5. The highest BCUT2D eigenvalue weighted by molar-refractivity contribution is 5.80. The first kappa shape index (κ1) is 21.4. The van der Waals surface area contributed by atoms with Crippen LogP contribution in [0.15, 0.2) is 17.3 Å². The molecule has 0 heterocycles. The molecule has 1 amide bonds. The van der Waals surface area contributed by atoms with Crippen molar-refractivity contribution in [3.05, 3.63) is 17.7 Å². The standard InChI is InChI=1S/C18H29N3O5/c1-12(2)6-7-17(19)21-26-11-18(22)20-10-13-8-15(24-4)16(25-5)9-14(13)23-3/h8-9,12H,6-7,10-11H2,1-5H3,(H2,19,21)(H,20,22). The maximum atomic E-state index is 11.9. The van der Waals surface area contributed by atoms with Gasteiger partial charge in [0.2, 0.25) is 0 Å². The summed E-state index contributed by atoms with van der Waals surface area (Å²) in [5, 5.41) is 6.48. The molecule has 0 atom stereocenters. The molecular weight excluding hydrogens is 338 g/mol. The van der Waals surface area contributed by atoms with Crippen LogP contribution in [-0.4, -0.2) is 39.7 Å². The van der Waals surface area contributed by atoms with Crippen molar-refractivity contribution in [2.45, 2.75) is 33.2 Å². The lowest BCUT2D eigenvalue weighted by molar-refractivity contribution is -0.125. The van der Waals surface area contributed by atoms with Gasteiger partial charge in [-0.15, -0.1) is 0 Å². The van der Waals surface area contributed by atoms with E-state index in [9.17, 15) is 4.79 Å². The lowest BCUT2D eigenvalue weighted by Gasteiger charge is -2.14. The summed E-state index contributed by atoms with van der Waals surface area (Å²) in [5.74, 6) is 2.28. The van der Waals surface area contributed by atoms with Gasteiger partial charge in [0.15, 0.2) is 18.1 Å². The van der Waals surface area contributed by atoms with Crippen molar-refractivity contribution < 1.29 is 23.8 Å². The van der Waals surface area contributed by atoms with E-state index < -0.39 is 0 Å². The molecule has 1 aromatic rings. The van der Waals surface area contributed by atoms with Crippen LogP contribution in [0.25, 0.3) is 0 Å². The number of methoxy groups -OCH3 is 3. The highest BCUT2D eigenvalue weighted by Gasteiger charge is 2.13. The molecule has 3 N–H and O–H groups in total. The molecule has 1 aromatic carbocycles. The van der Waals surface area contributed by atoms with Gasteiger partial charge in [0.25, 0.3) is 5.91 Å². The van der Waals surface area contributed by atoms with E-state index in [1.165, 1.54) is 0 Å². The molecule has 0 bridgehead atoms. The van der Waals surface area contributed by atoms with Gasteiger partial charge in [-0.1, -0.05) is 19.0 Å². The fraction of sp³-hybridized carbons (Fsp3) is 0.556. The van der Waals surface area contributed by atoms with E-state index in [4.69, 9.17) is 24.8 Å². The third-order valence-electron chi connectivity index (χ3n) is 3.62. The van der Waals surface area contributed by atoms with E-state index in [1.54, 1.807) is 33.5 Å². The molecule has 0 radical (unpaired) electrons. The number of carbonyl (C=O) groups is 1. The van der Waals surface area contributed by atoms with Gasteiger partial charge < -0.3 is 30.1 Å². The van der Waals surface area contributed by atoms with Crippen molar-refractivity contribution in [1.82, 2.24) is 5.32 Å². The summed E-state index contributed by atoms with van der Waals surface area (Å²) in [6, 6.07) is 3.46. The number of hydrogen-bond donors (Lipinski definition) is 2. The van der Waals surface area contributed by atoms with Crippen LogP contribution in [0, 0.1) is 5.92 Å². The number of nitrogens with one attached hydrogen (secondary N) is 1. The predicted molar refractivity (Wildman–Crippen MR) is 99.6 cm³/mol. The fourth-order valence-corrected chi connectivity index (χ4v) is 2.13. The van der Waals surface area contributed by atoms with Gasteiger partial charge in [-0.25, -0.2) is 0 Å². The maximum Gasteiger partial charge on any atom is 0.261 e. The van der Waals surface area contributed by atoms with Crippen LogP contribution in [0.5, 0.6) is 17.2 Å². The number of nitrogens with zero attached hydrogens (tertiary/aromatic N) is 1. The summed E-state index contributed by atoms with van der Waals surface area (Å²) in [6.07, 6.45) is 1.56. The smallest absolute Gasteiger partial charge is 0.261 e. The molecule has 0 fully saturated rings. The highest BCUT2D eigenvalue weighted by atomic mass is 16.6. The van der Waals surface area contributed by atoms with Crippen molar-refractivity contribution in [3.63, 3.8) is 0 Å². The third-order valence-corrected chi connectivity index (χ3v) is 3.62. The Balaban J connectivity index is 2.55. The molecule has 146 valence electrons. The Bertz CT molecular complexity index is 617. The maximum absolute atomic E-state index is 11.9. The first-order valence-electron chi connectivity index (χ1n) is 8.41. The summed E-state index contributed by atoms with van der Waals surface area (Å²) in [6.45, 7) is 4.24. The molecule has 0 spiro atoms. The largest absolute Gasteiger partial charge is 0.496 e. The second-order valence-electron chi connectivity index (χ2n) is 6.08. The van der Waals surface area contributed by atoms with Crippen LogP contribution in [-0.2, 0) is 16.2 Å². The summed E-state index contributed by atoms with van der Waals surface area (Å²) < 4.78 is 15.8. The van der Waals surface area contributed by atoms with Gasteiger partial charge in [0.1, 0.15) is 11.6 Å². The lowest BCUT2D eigenvalue weighted by atomic mass is 10.1. The van der Waals surface area contributed by atoms with Crippen molar-refractivity contribution in [1.29, 1.82) is 0 Å². The molecule has 26 heavy (non-hydrogen) atoms. The molecule has 8 nitrogen and oxygen atoms in total. The van der Waals surface area contributed by atoms with E-state index in [-0.39, 0.29) is 19.1 Å². The molecule has 0 aliphatic carbocycles. The van der Waals surface area contributed by atoms with E-state index in [0.717, 1.165) is 12.0 Å². The number of hydrogen-bond acceptors (Lipinski definition) is 6. The highest BCUT2D eigenvalue weighted by Crippen LogP contribution is 2.34. The average Bonchev–Trinajstić information content (AvgIpc) is 2.63. The van der Waals surface area contributed by atoms with E-state index in [1.807, 2.05) is 0 Å². The number of nitrogens with two attached hydrogens (primary N) is 1. The van der Waals surface area contributed by atoms with Crippen molar-refractivity contribution in [2.75, 3.05) is 27.9 Å². The third kappa shape index (κ3) is 7.08. The zero-order valence-corrected chi connectivity index (χ0v) is 16.1. The number of oxime groups is 1. The Kier molecular flexibility index (Phi) is 9.11. The first-order valence-corrected chi connectivity index (χ1v) is 8.41. The van der Waals surface area contributed by atoms with E-state index >= 15 is 0 Å². The number of amides is 1. The number of ether oxygens (including phenoxy) is 3. The second kappa shape index (κ2) is 11.1. The van der Waals surface area contributed by atoms with Crippen LogP contribution in [0.3, 0.4) is 0 Å². The molecule has 0 aliphatic heterocycles. The van der Waals surface area contributed by atoms with Crippen LogP contribution in [0.2, 0.25) is 0 Å². The normalized spacial score (nSPS) is 11.2. The zero-order valence-electron chi connectivity index (χ0n) is 16.1. The van der Waals surface area contributed by atoms with Crippen molar-refractivity contribution in [2.24, 2.45) is 16.8 Å². The minimum atomic E-state index is -0.317. The van der Waals surface area contributed by atoms with Gasteiger partial charge in [-0.2, -0.15) is 0 Å². The second-order valence-corrected chi connectivity index (χ2v) is 6.08. The summed E-state index contributed by atoms with van der Waals surface area (Å²) >= 11 is 0. The quantitative estimate of drug-likeness (QED) is 0.352. The van der Waals surface area contributed by atoms with Gasteiger partial charge in [-0.3, -0.25) is 4.79 Å². The first-order chi connectivity index (χ1) is 12.4. The minimum Gasteiger partial charge on any atom is -0.496 e. The Morgan fingerprint density at radius 2 is 1.73 bits per heavy atom. The van der Waals surface area contributed by atoms with Crippen LogP contribution >= 0.6 is 0 Å². The van der Waals surface area contributed by atoms with Gasteiger partial charge in [0.05, 0.1) is 21.3 Å². The van der Waals surface area contributed by atoms with E-state index in [0.29, 0.717) is 35.4 Å². The SMILES string of the molecule is COc1cc(OC)c(OC)cc1CNC(=O)CO/N=C(\N)CCC(C)C. The molecule has 0 aromatic heterocycles. The summed E-state index contributed by atoms with van der Waals surface area (Å²) in [4.78, 5) is 16.9. The Morgan fingerprint density at radius 1 is 1.12 bits per heavy atom. The van der Waals surface area contributed by atoms with Crippen LogP contribution in [0.4, 0.5) is 0 Å². The van der Waals surface area contributed by atoms with Gasteiger partial charge >= 0.3 is 0 Å². The molecule has 1 rings (SSSR count). The van der Waals surface area contributed by atoms with Gasteiger partial charge in [0, 0.05) is 24.6 Å². The minimum absolute atomic E-state index is 0.210. The lowest BCUT2D eigenvalue weighted by Crippen LogP contribution is -2.27. The number of carbonyl (C=O) groups excluding carboxylic acids is 1.